The molecule has 0 aromatic carbocycles. The van der Waals surface area contributed by atoms with Gasteiger partial charge in [0.2, 0.25) is 5.13 Å². The highest BCUT2D eigenvalue weighted by Crippen LogP contribution is 2.34. The standard InChI is InChI=1S/C13H19N7O2S2/c1-9-15-10(7-12(16-9)17-13-18-14-8-23-13)11-5-4-6-20(11)24(21,22)19(2)3/h7-8,11H,4-6H2,1-3H3,(H,15,16,17,18)/t11-/m0/s1. The normalized spacial score (nSPS) is 19.1. The van der Waals surface area contributed by atoms with Crippen LogP contribution in [-0.2, 0) is 10.2 Å². The van der Waals surface area contributed by atoms with Crippen LogP contribution in [0.3, 0.4) is 0 Å². The van der Waals surface area contributed by atoms with E-state index in [-0.39, 0.29) is 6.04 Å². The minimum absolute atomic E-state index is 0.283. The molecule has 1 aliphatic rings. The molecule has 0 amide bonds. The highest BCUT2D eigenvalue weighted by Gasteiger charge is 2.37. The number of aryl methyl sites for hydroxylation is 1. The van der Waals surface area contributed by atoms with Gasteiger partial charge in [0.15, 0.2) is 0 Å². The zero-order valence-corrected chi connectivity index (χ0v) is 15.3. The topological polar surface area (TPSA) is 104 Å². The highest BCUT2D eigenvalue weighted by molar-refractivity contribution is 7.86. The van der Waals surface area contributed by atoms with E-state index >= 15 is 0 Å². The van der Waals surface area contributed by atoms with Gasteiger partial charge >= 0.3 is 0 Å². The molecule has 0 aliphatic carbocycles. The molecule has 1 fully saturated rings. The Kier molecular flexibility index (Phi) is 4.76. The summed E-state index contributed by atoms with van der Waals surface area (Å²) in [6.07, 6.45) is 1.54. The maximum absolute atomic E-state index is 12.5. The maximum Gasteiger partial charge on any atom is 0.282 e. The molecule has 9 nitrogen and oxygen atoms in total. The van der Waals surface area contributed by atoms with Crippen LogP contribution in [-0.4, -0.2) is 57.8 Å². The summed E-state index contributed by atoms with van der Waals surface area (Å²) >= 11 is 1.36. The summed E-state index contributed by atoms with van der Waals surface area (Å²) in [6.45, 7) is 2.28. The van der Waals surface area contributed by atoms with Crippen LogP contribution in [0, 0.1) is 6.92 Å². The van der Waals surface area contributed by atoms with E-state index in [0.717, 1.165) is 12.8 Å². The van der Waals surface area contributed by atoms with Crippen molar-refractivity contribution in [2.24, 2.45) is 0 Å². The average molecular weight is 369 g/mol. The first kappa shape index (κ1) is 17.1. The lowest BCUT2D eigenvalue weighted by molar-refractivity contribution is 0.357. The van der Waals surface area contributed by atoms with Gasteiger partial charge in [-0.25, -0.2) is 9.97 Å². The molecule has 2 aromatic rings. The fourth-order valence-electron chi connectivity index (χ4n) is 2.68. The average Bonchev–Trinajstić information content (AvgIpc) is 3.17. The molecule has 1 atom stereocenters. The number of hydrogen-bond donors (Lipinski definition) is 1. The molecule has 11 heteroatoms. The molecule has 0 unspecified atom stereocenters. The largest absolute Gasteiger partial charge is 0.315 e. The van der Waals surface area contributed by atoms with Gasteiger partial charge in [-0.2, -0.15) is 17.0 Å². The summed E-state index contributed by atoms with van der Waals surface area (Å²) in [7, 11) is -0.404. The summed E-state index contributed by atoms with van der Waals surface area (Å²) < 4.78 is 27.8. The monoisotopic (exact) mass is 369 g/mol. The van der Waals surface area contributed by atoms with E-state index < -0.39 is 10.2 Å². The van der Waals surface area contributed by atoms with Crippen molar-refractivity contribution in [3.8, 4) is 0 Å². The van der Waals surface area contributed by atoms with Gasteiger partial charge < -0.3 is 5.32 Å². The first-order valence-corrected chi connectivity index (χ1v) is 9.73. The molecule has 3 heterocycles. The fraction of sp³-hybridized carbons (Fsp3) is 0.538. The first-order valence-electron chi connectivity index (χ1n) is 7.46. The van der Waals surface area contributed by atoms with E-state index in [1.54, 1.807) is 32.6 Å². The van der Waals surface area contributed by atoms with Gasteiger partial charge in [-0.05, 0) is 19.8 Å². The summed E-state index contributed by atoms with van der Waals surface area (Å²) in [6, 6.07) is 1.50. The van der Waals surface area contributed by atoms with Crippen LogP contribution in [0.5, 0.6) is 0 Å². The Bertz CT molecular complexity index is 808. The summed E-state index contributed by atoms with van der Waals surface area (Å²) in [4.78, 5) is 8.80. The van der Waals surface area contributed by atoms with Crippen molar-refractivity contribution in [2.45, 2.75) is 25.8 Å². The van der Waals surface area contributed by atoms with Gasteiger partial charge in [-0.3, -0.25) is 0 Å². The summed E-state index contributed by atoms with van der Waals surface area (Å²) in [5.74, 6) is 1.16. The molecule has 3 rings (SSSR count). The van der Waals surface area contributed by atoms with E-state index in [0.29, 0.717) is 29.0 Å². The number of nitrogens with one attached hydrogen (secondary N) is 1. The van der Waals surface area contributed by atoms with E-state index in [2.05, 4.69) is 25.5 Å². The maximum atomic E-state index is 12.5. The second-order valence-corrected chi connectivity index (χ2v) is 8.58. The van der Waals surface area contributed by atoms with Crippen molar-refractivity contribution in [2.75, 3.05) is 26.0 Å². The van der Waals surface area contributed by atoms with Crippen molar-refractivity contribution < 1.29 is 8.42 Å². The first-order chi connectivity index (χ1) is 11.4. The molecular weight excluding hydrogens is 350 g/mol. The van der Waals surface area contributed by atoms with E-state index in [1.165, 1.54) is 19.9 Å². The third-order valence-corrected chi connectivity index (χ3v) is 6.31. The number of nitrogens with zero attached hydrogens (tertiary/aromatic N) is 6. The van der Waals surface area contributed by atoms with Gasteiger partial charge in [0.25, 0.3) is 10.2 Å². The van der Waals surface area contributed by atoms with Crippen molar-refractivity contribution in [3.05, 3.63) is 23.1 Å². The van der Waals surface area contributed by atoms with Crippen LogP contribution in [0.4, 0.5) is 10.9 Å². The van der Waals surface area contributed by atoms with Crippen LogP contribution >= 0.6 is 11.3 Å². The Hall–Kier alpha value is -1.69. The molecule has 24 heavy (non-hydrogen) atoms. The molecule has 1 N–H and O–H groups in total. The molecule has 0 spiro atoms. The summed E-state index contributed by atoms with van der Waals surface area (Å²) in [5.41, 5.74) is 2.32. The number of rotatable bonds is 5. The van der Waals surface area contributed by atoms with Crippen molar-refractivity contribution in [3.63, 3.8) is 0 Å². The Balaban J connectivity index is 1.92. The van der Waals surface area contributed by atoms with Gasteiger partial charge in [0.1, 0.15) is 17.2 Å². The van der Waals surface area contributed by atoms with Crippen LogP contribution < -0.4 is 5.32 Å². The Morgan fingerprint density at radius 3 is 2.83 bits per heavy atom. The molecule has 0 bridgehead atoms. The second kappa shape index (κ2) is 6.67. The van der Waals surface area contributed by atoms with Crippen LogP contribution in [0.2, 0.25) is 0 Å². The van der Waals surface area contributed by atoms with Crippen LogP contribution in [0.1, 0.15) is 30.4 Å². The lowest BCUT2D eigenvalue weighted by atomic mass is 10.1. The van der Waals surface area contributed by atoms with Crippen molar-refractivity contribution in [1.82, 2.24) is 28.8 Å². The van der Waals surface area contributed by atoms with Gasteiger partial charge in [-0.1, -0.05) is 11.3 Å². The summed E-state index contributed by atoms with van der Waals surface area (Å²) in [5, 5.41) is 11.4. The predicted molar refractivity (Wildman–Crippen MR) is 91.2 cm³/mol. The second-order valence-electron chi connectivity index (χ2n) is 5.65. The molecule has 2 aromatic heterocycles. The third kappa shape index (κ3) is 3.38. The van der Waals surface area contributed by atoms with E-state index in [1.807, 2.05) is 0 Å². The number of anilines is 2. The Morgan fingerprint density at radius 2 is 2.17 bits per heavy atom. The number of hydrogen-bond acceptors (Lipinski definition) is 8. The smallest absolute Gasteiger partial charge is 0.282 e. The van der Waals surface area contributed by atoms with E-state index in [4.69, 9.17) is 0 Å². The zero-order chi connectivity index (χ0) is 17.3. The van der Waals surface area contributed by atoms with Gasteiger partial charge in [0, 0.05) is 26.7 Å². The Morgan fingerprint density at radius 1 is 1.38 bits per heavy atom. The van der Waals surface area contributed by atoms with Gasteiger partial charge in [-0.15, -0.1) is 10.2 Å². The zero-order valence-electron chi connectivity index (χ0n) is 13.7. The minimum Gasteiger partial charge on any atom is -0.315 e. The number of aromatic nitrogens is 4. The highest BCUT2D eigenvalue weighted by atomic mass is 32.2. The van der Waals surface area contributed by atoms with Gasteiger partial charge in [0.05, 0.1) is 11.7 Å². The van der Waals surface area contributed by atoms with Crippen molar-refractivity contribution >= 4 is 32.5 Å². The minimum atomic E-state index is -3.48. The SMILES string of the molecule is Cc1nc(Nc2nncs2)cc([C@@H]2CCCN2S(=O)(=O)N(C)C)n1. The van der Waals surface area contributed by atoms with Crippen LogP contribution in [0.15, 0.2) is 11.6 Å². The molecular formula is C13H19N7O2S2. The fourth-order valence-corrected chi connectivity index (χ4v) is 4.45. The molecule has 0 radical (unpaired) electrons. The Labute approximate surface area is 144 Å². The molecule has 1 aliphatic heterocycles. The quantitative estimate of drug-likeness (QED) is 0.847. The van der Waals surface area contributed by atoms with Crippen LogP contribution in [0.25, 0.3) is 0 Å². The molecule has 130 valence electrons. The predicted octanol–water partition coefficient (Wildman–Crippen LogP) is 1.32. The van der Waals surface area contributed by atoms with E-state index in [9.17, 15) is 8.42 Å². The molecule has 1 saturated heterocycles. The molecule has 0 saturated carbocycles. The lowest BCUT2D eigenvalue weighted by Crippen LogP contribution is -2.39. The third-order valence-electron chi connectivity index (χ3n) is 3.76. The van der Waals surface area contributed by atoms with Crippen molar-refractivity contribution in [1.29, 1.82) is 0 Å². The lowest BCUT2D eigenvalue weighted by Gasteiger charge is -2.26.